The molecule has 0 atom stereocenters. The van der Waals surface area contributed by atoms with Gasteiger partial charge in [-0.2, -0.15) is 0 Å². The molecular weight excluding hydrogens is 348 g/mol. The van der Waals surface area contributed by atoms with Crippen molar-refractivity contribution in [2.24, 2.45) is 0 Å². The highest BCUT2D eigenvalue weighted by Gasteiger charge is 2.20. The van der Waals surface area contributed by atoms with E-state index in [0.717, 1.165) is 24.0 Å². The van der Waals surface area contributed by atoms with Crippen LogP contribution < -0.4 is 0 Å². The summed E-state index contributed by atoms with van der Waals surface area (Å²) in [5.74, 6) is 7.45. The van der Waals surface area contributed by atoms with E-state index >= 15 is 0 Å². The van der Waals surface area contributed by atoms with Crippen LogP contribution in [0.15, 0.2) is 66.7 Å². The Balaban J connectivity index is 1.56. The molecule has 3 aromatic rings. The van der Waals surface area contributed by atoms with Crippen molar-refractivity contribution in [3.8, 4) is 11.8 Å². The van der Waals surface area contributed by atoms with Crippen LogP contribution in [0.5, 0.6) is 0 Å². The summed E-state index contributed by atoms with van der Waals surface area (Å²) in [6, 6.07) is 24.4. The largest absolute Gasteiger partial charge is 0.0617 e. The molecule has 0 heterocycles. The number of hydrogen-bond donors (Lipinski definition) is 0. The Morgan fingerprint density at radius 3 is 1.97 bits per heavy atom. The highest BCUT2D eigenvalue weighted by Crippen LogP contribution is 2.36. The van der Waals surface area contributed by atoms with E-state index in [4.69, 9.17) is 0 Å². The number of aryl methyl sites for hydroxylation is 4. The van der Waals surface area contributed by atoms with Gasteiger partial charge in [0.2, 0.25) is 0 Å². The molecule has 3 aromatic carbocycles. The zero-order valence-corrected chi connectivity index (χ0v) is 17.7. The molecule has 0 aliphatic heterocycles. The summed E-state index contributed by atoms with van der Waals surface area (Å²) in [6.07, 6.45) is 7.59. The normalized spacial score (nSPS) is 13.9. The molecule has 0 unspecified atom stereocenters. The Kier molecular flexibility index (Phi) is 6.16. The quantitative estimate of drug-likeness (QED) is 0.423. The minimum absolute atomic E-state index is 0.712. The Labute approximate surface area is 176 Å². The summed E-state index contributed by atoms with van der Waals surface area (Å²) >= 11 is 0. The van der Waals surface area contributed by atoms with Gasteiger partial charge in [-0.3, -0.25) is 0 Å². The molecule has 0 spiro atoms. The Hall–Kier alpha value is -2.78. The summed E-state index contributed by atoms with van der Waals surface area (Å²) < 4.78 is 0. The van der Waals surface area contributed by atoms with Crippen molar-refractivity contribution < 1.29 is 0 Å². The average Bonchev–Trinajstić information content (AvgIpc) is 3.28. The lowest BCUT2D eigenvalue weighted by atomic mass is 9.88. The van der Waals surface area contributed by atoms with Crippen LogP contribution in [0.1, 0.15) is 70.5 Å². The van der Waals surface area contributed by atoms with Crippen molar-refractivity contribution in [1.29, 1.82) is 0 Å². The van der Waals surface area contributed by atoms with Gasteiger partial charge in [0.15, 0.2) is 0 Å². The van der Waals surface area contributed by atoms with Crippen molar-refractivity contribution in [2.45, 2.75) is 58.3 Å². The average molecular weight is 379 g/mol. The summed E-state index contributed by atoms with van der Waals surface area (Å²) in [5.41, 5.74) is 9.32. The van der Waals surface area contributed by atoms with Crippen LogP contribution in [0.3, 0.4) is 0 Å². The Bertz CT molecular complexity index is 1000. The van der Waals surface area contributed by atoms with E-state index in [1.807, 2.05) is 0 Å². The van der Waals surface area contributed by atoms with Gasteiger partial charge in [0.1, 0.15) is 0 Å². The minimum atomic E-state index is 0.712. The molecule has 4 rings (SSSR count). The van der Waals surface area contributed by atoms with Crippen LogP contribution in [0.2, 0.25) is 0 Å². The van der Waals surface area contributed by atoms with Crippen LogP contribution in [0, 0.1) is 25.7 Å². The number of hydrogen-bond acceptors (Lipinski definition) is 0. The van der Waals surface area contributed by atoms with E-state index in [1.54, 1.807) is 5.56 Å². The van der Waals surface area contributed by atoms with Gasteiger partial charge in [-0.1, -0.05) is 78.3 Å². The molecule has 0 aromatic heterocycles. The monoisotopic (exact) mass is 378 g/mol. The lowest BCUT2D eigenvalue weighted by Crippen LogP contribution is -2.02. The highest BCUT2D eigenvalue weighted by molar-refractivity contribution is 5.47. The lowest BCUT2D eigenvalue weighted by Gasteiger charge is -2.16. The molecule has 0 heteroatoms. The van der Waals surface area contributed by atoms with Crippen LogP contribution in [-0.2, 0) is 12.8 Å². The van der Waals surface area contributed by atoms with E-state index in [-0.39, 0.29) is 0 Å². The molecule has 1 fully saturated rings. The highest BCUT2D eigenvalue weighted by atomic mass is 14.2. The summed E-state index contributed by atoms with van der Waals surface area (Å²) in [5, 5.41) is 0. The van der Waals surface area contributed by atoms with Gasteiger partial charge in [-0.05, 0) is 86.4 Å². The first-order valence-electron chi connectivity index (χ1n) is 10.9. The third-order valence-electron chi connectivity index (χ3n) is 6.15. The molecular formula is C29H30. The second-order valence-corrected chi connectivity index (χ2v) is 8.50. The minimum Gasteiger partial charge on any atom is -0.0617 e. The molecule has 1 aliphatic rings. The second kappa shape index (κ2) is 9.15. The molecule has 0 nitrogen and oxygen atoms in total. The summed E-state index contributed by atoms with van der Waals surface area (Å²) in [4.78, 5) is 0. The first-order valence-corrected chi connectivity index (χ1v) is 10.9. The van der Waals surface area contributed by atoms with Crippen LogP contribution in [0.25, 0.3) is 0 Å². The number of benzene rings is 3. The standard InChI is InChI=1S/C29H30/c1-22-7-11-24(12-8-22)15-16-26-18-20-28(29(21-26)27-5-3-4-6-27)19-17-25-13-9-23(2)10-14-25/h7-14,18,20-21,27H,3-6,17,19H2,1-2H3. The van der Waals surface area contributed by atoms with Gasteiger partial charge in [-0.25, -0.2) is 0 Å². The molecule has 1 aliphatic carbocycles. The first-order chi connectivity index (χ1) is 14.2. The van der Waals surface area contributed by atoms with Crippen molar-refractivity contribution in [3.63, 3.8) is 0 Å². The smallest absolute Gasteiger partial charge is 0.0252 e. The van der Waals surface area contributed by atoms with Crippen molar-refractivity contribution in [2.75, 3.05) is 0 Å². The third-order valence-corrected chi connectivity index (χ3v) is 6.15. The zero-order valence-electron chi connectivity index (χ0n) is 17.7. The Morgan fingerprint density at radius 2 is 1.28 bits per heavy atom. The molecule has 1 saturated carbocycles. The fourth-order valence-corrected chi connectivity index (χ4v) is 4.33. The third kappa shape index (κ3) is 5.18. The van der Waals surface area contributed by atoms with Crippen LogP contribution in [-0.4, -0.2) is 0 Å². The second-order valence-electron chi connectivity index (χ2n) is 8.50. The molecule has 0 N–H and O–H groups in total. The fraction of sp³-hybridized carbons (Fsp3) is 0.310. The lowest BCUT2D eigenvalue weighted by molar-refractivity contribution is 0.709. The van der Waals surface area contributed by atoms with E-state index in [1.165, 1.54) is 47.9 Å². The molecule has 146 valence electrons. The van der Waals surface area contributed by atoms with Gasteiger partial charge < -0.3 is 0 Å². The molecule has 0 amide bonds. The van der Waals surface area contributed by atoms with Gasteiger partial charge in [0.25, 0.3) is 0 Å². The van der Waals surface area contributed by atoms with E-state index in [2.05, 4.69) is 92.4 Å². The van der Waals surface area contributed by atoms with Gasteiger partial charge >= 0.3 is 0 Å². The predicted molar refractivity (Wildman–Crippen MR) is 123 cm³/mol. The van der Waals surface area contributed by atoms with Gasteiger partial charge in [0, 0.05) is 11.1 Å². The van der Waals surface area contributed by atoms with E-state index in [0.29, 0.717) is 5.92 Å². The maximum absolute atomic E-state index is 3.40. The maximum atomic E-state index is 3.40. The van der Waals surface area contributed by atoms with Gasteiger partial charge in [0.05, 0.1) is 0 Å². The summed E-state index contributed by atoms with van der Waals surface area (Å²) in [6.45, 7) is 4.26. The Morgan fingerprint density at radius 1 is 0.690 bits per heavy atom. The summed E-state index contributed by atoms with van der Waals surface area (Å²) in [7, 11) is 0. The fourth-order valence-electron chi connectivity index (χ4n) is 4.33. The zero-order chi connectivity index (χ0) is 20.1. The first kappa shape index (κ1) is 19.5. The molecule has 29 heavy (non-hydrogen) atoms. The molecule has 0 saturated heterocycles. The molecule has 0 radical (unpaired) electrons. The van der Waals surface area contributed by atoms with E-state index < -0.39 is 0 Å². The predicted octanol–water partition coefficient (Wildman–Crippen LogP) is 7.15. The van der Waals surface area contributed by atoms with Crippen LogP contribution >= 0.6 is 0 Å². The van der Waals surface area contributed by atoms with Crippen molar-refractivity contribution in [1.82, 2.24) is 0 Å². The van der Waals surface area contributed by atoms with Crippen molar-refractivity contribution in [3.05, 3.63) is 106 Å². The van der Waals surface area contributed by atoms with Gasteiger partial charge in [-0.15, -0.1) is 0 Å². The van der Waals surface area contributed by atoms with E-state index in [9.17, 15) is 0 Å². The molecule has 0 bridgehead atoms. The SMILES string of the molecule is Cc1ccc(C#Cc2ccc(CCc3ccc(C)cc3)c(C3CCCC3)c2)cc1. The topological polar surface area (TPSA) is 0 Å². The van der Waals surface area contributed by atoms with Crippen LogP contribution in [0.4, 0.5) is 0 Å². The maximum Gasteiger partial charge on any atom is 0.0252 e. The van der Waals surface area contributed by atoms with Crippen molar-refractivity contribution >= 4 is 0 Å². The number of rotatable bonds is 4.